The molecular formula is C18H16ClN3O2. The number of hydrogen-bond donors (Lipinski definition) is 1. The average Bonchev–Trinajstić information content (AvgIpc) is 2.59. The predicted molar refractivity (Wildman–Crippen MR) is 94.0 cm³/mol. The Kier molecular flexibility index (Phi) is 4.62. The van der Waals surface area contributed by atoms with E-state index in [0.29, 0.717) is 21.7 Å². The van der Waals surface area contributed by atoms with Gasteiger partial charge in [0.25, 0.3) is 5.56 Å². The Morgan fingerprint density at radius 3 is 2.62 bits per heavy atom. The second kappa shape index (κ2) is 6.84. The van der Waals surface area contributed by atoms with Crippen LogP contribution in [-0.4, -0.2) is 15.5 Å². The minimum Gasteiger partial charge on any atom is -0.349 e. The quantitative estimate of drug-likeness (QED) is 0.792. The maximum atomic E-state index is 12.3. The highest BCUT2D eigenvalue weighted by molar-refractivity contribution is 6.30. The fourth-order valence-corrected chi connectivity index (χ4v) is 2.58. The van der Waals surface area contributed by atoms with E-state index in [9.17, 15) is 9.59 Å². The summed E-state index contributed by atoms with van der Waals surface area (Å²) in [6.07, 6.45) is 0.249. The van der Waals surface area contributed by atoms with Gasteiger partial charge < -0.3 is 5.32 Å². The largest absolute Gasteiger partial charge is 0.349 e. The highest BCUT2D eigenvalue weighted by atomic mass is 35.5. The minimum absolute atomic E-state index is 0.123. The van der Waals surface area contributed by atoms with E-state index < -0.39 is 0 Å². The second-order valence-electron chi connectivity index (χ2n) is 5.49. The molecule has 3 aromatic rings. The Hall–Kier alpha value is -2.66. The van der Waals surface area contributed by atoms with Gasteiger partial charge in [-0.25, -0.2) is 4.98 Å². The SMILES string of the molecule is Cn1c(CNC(=O)Cc2ccc(Cl)cc2)nc2ccccc2c1=O. The molecule has 122 valence electrons. The van der Waals surface area contributed by atoms with Gasteiger partial charge in [-0.2, -0.15) is 0 Å². The van der Waals surface area contributed by atoms with Crippen molar-refractivity contribution in [3.05, 3.63) is 75.3 Å². The van der Waals surface area contributed by atoms with Crippen LogP contribution in [0.5, 0.6) is 0 Å². The molecular weight excluding hydrogens is 326 g/mol. The first-order valence-corrected chi connectivity index (χ1v) is 7.88. The van der Waals surface area contributed by atoms with Crippen molar-refractivity contribution >= 4 is 28.4 Å². The first-order chi connectivity index (χ1) is 11.5. The van der Waals surface area contributed by atoms with Crippen molar-refractivity contribution in [2.24, 2.45) is 7.05 Å². The molecule has 24 heavy (non-hydrogen) atoms. The lowest BCUT2D eigenvalue weighted by atomic mass is 10.1. The molecule has 0 unspecified atom stereocenters. The van der Waals surface area contributed by atoms with Crippen LogP contribution in [0.1, 0.15) is 11.4 Å². The fourth-order valence-electron chi connectivity index (χ4n) is 2.45. The number of benzene rings is 2. The molecule has 0 saturated carbocycles. The summed E-state index contributed by atoms with van der Waals surface area (Å²) in [6.45, 7) is 0.197. The molecule has 0 atom stereocenters. The molecule has 0 spiro atoms. The summed E-state index contributed by atoms with van der Waals surface area (Å²) in [4.78, 5) is 28.8. The highest BCUT2D eigenvalue weighted by Gasteiger charge is 2.09. The number of carbonyl (C=O) groups excluding carboxylic acids is 1. The fraction of sp³-hybridized carbons (Fsp3) is 0.167. The van der Waals surface area contributed by atoms with E-state index in [1.54, 1.807) is 37.4 Å². The molecule has 1 amide bonds. The zero-order chi connectivity index (χ0) is 17.1. The maximum absolute atomic E-state index is 12.3. The maximum Gasteiger partial charge on any atom is 0.261 e. The van der Waals surface area contributed by atoms with Crippen LogP contribution in [0.15, 0.2) is 53.3 Å². The molecule has 5 nitrogen and oxygen atoms in total. The Morgan fingerprint density at radius 1 is 1.17 bits per heavy atom. The van der Waals surface area contributed by atoms with Crippen LogP contribution in [0.2, 0.25) is 5.02 Å². The summed E-state index contributed by atoms with van der Waals surface area (Å²) in [7, 11) is 1.66. The number of amides is 1. The Morgan fingerprint density at radius 2 is 1.88 bits per heavy atom. The van der Waals surface area contributed by atoms with Crippen LogP contribution in [0.25, 0.3) is 10.9 Å². The molecule has 2 aromatic carbocycles. The third-order valence-electron chi connectivity index (χ3n) is 3.80. The van der Waals surface area contributed by atoms with E-state index >= 15 is 0 Å². The number of fused-ring (bicyclic) bond motifs is 1. The van der Waals surface area contributed by atoms with Gasteiger partial charge in [-0.3, -0.25) is 14.2 Å². The third kappa shape index (κ3) is 3.46. The van der Waals surface area contributed by atoms with Gasteiger partial charge in [-0.05, 0) is 29.8 Å². The normalized spacial score (nSPS) is 10.8. The number of hydrogen-bond acceptors (Lipinski definition) is 3. The average molecular weight is 342 g/mol. The molecule has 1 N–H and O–H groups in total. The molecule has 3 rings (SSSR count). The topological polar surface area (TPSA) is 64.0 Å². The van der Waals surface area contributed by atoms with E-state index in [2.05, 4.69) is 10.3 Å². The summed E-state index contributed by atoms with van der Waals surface area (Å²) in [5.41, 5.74) is 1.38. The summed E-state index contributed by atoms with van der Waals surface area (Å²) in [5, 5.41) is 4.00. The first-order valence-electron chi connectivity index (χ1n) is 7.50. The van der Waals surface area contributed by atoms with Crippen molar-refractivity contribution in [2.45, 2.75) is 13.0 Å². The van der Waals surface area contributed by atoms with Crippen molar-refractivity contribution < 1.29 is 4.79 Å². The Bertz CT molecular complexity index is 949. The Balaban J connectivity index is 1.73. The lowest BCUT2D eigenvalue weighted by molar-refractivity contribution is -0.120. The van der Waals surface area contributed by atoms with Crippen molar-refractivity contribution in [1.82, 2.24) is 14.9 Å². The summed E-state index contributed by atoms with van der Waals surface area (Å²) >= 11 is 5.83. The highest BCUT2D eigenvalue weighted by Crippen LogP contribution is 2.10. The molecule has 1 aromatic heterocycles. The number of para-hydroxylation sites is 1. The van der Waals surface area contributed by atoms with Gasteiger partial charge in [0.2, 0.25) is 5.91 Å². The van der Waals surface area contributed by atoms with Crippen molar-refractivity contribution in [1.29, 1.82) is 0 Å². The molecule has 0 fully saturated rings. The van der Waals surface area contributed by atoms with Crippen molar-refractivity contribution in [3.8, 4) is 0 Å². The standard InChI is InChI=1S/C18H16ClN3O2/c1-22-16(21-15-5-3-2-4-14(15)18(22)24)11-20-17(23)10-12-6-8-13(19)9-7-12/h2-9H,10-11H2,1H3,(H,20,23). The number of nitrogens with zero attached hydrogens (tertiary/aromatic N) is 2. The monoisotopic (exact) mass is 341 g/mol. The van der Waals surface area contributed by atoms with Gasteiger partial charge in [0.1, 0.15) is 5.82 Å². The molecule has 0 aliphatic rings. The molecule has 0 aliphatic carbocycles. The number of halogens is 1. The molecule has 1 heterocycles. The first kappa shape index (κ1) is 16.2. The molecule has 0 radical (unpaired) electrons. The van der Waals surface area contributed by atoms with Gasteiger partial charge in [-0.15, -0.1) is 0 Å². The molecule has 0 saturated heterocycles. The van der Waals surface area contributed by atoms with E-state index in [1.807, 2.05) is 18.2 Å². The smallest absolute Gasteiger partial charge is 0.261 e. The third-order valence-corrected chi connectivity index (χ3v) is 4.05. The van der Waals surface area contributed by atoms with Crippen LogP contribution in [0.3, 0.4) is 0 Å². The minimum atomic E-state index is -0.139. The lowest BCUT2D eigenvalue weighted by Gasteiger charge is -2.10. The lowest BCUT2D eigenvalue weighted by Crippen LogP contribution is -2.30. The molecule has 0 aliphatic heterocycles. The van der Waals surface area contributed by atoms with Crippen molar-refractivity contribution in [2.75, 3.05) is 0 Å². The predicted octanol–water partition coefficient (Wildman–Crippen LogP) is 2.45. The van der Waals surface area contributed by atoms with E-state index in [-0.39, 0.29) is 24.4 Å². The van der Waals surface area contributed by atoms with Gasteiger partial charge in [0, 0.05) is 12.1 Å². The Labute approximate surface area is 143 Å². The second-order valence-corrected chi connectivity index (χ2v) is 5.93. The summed E-state index contributed by atoms with van der Waals surface area (Å²) in [6, 6.07) is 14.3. The number of carbonyl (C=O) groups is 1. The van der Waals surface area contributed by atoms with Crippen LogP contribution >= 0.6 is 11.6 Å². The molecule has 0 bridgehead atoms. The molecule has 6 heteroatoms. The van der Waals surface area contributed by atoms with E-state index in [4.69, 9.17) is 11.6 Å². The zero-order valence-electron chi connectivity index (χ0n) is 13.1. The van der Waals surface area contributed by atoms with Crippen molar-refractivity contribution in [3.63, 3.8) is 0 Å². The van der Waals surface area contributed by atoms with E-state index in [1.165, 1.54) is 4.57 Å². The number of nitrogens with one attached hydrogen (secondary N) is 1. The van der Waals surface area contributed by atoms with Gasteiger partial charge in [0.05, 0.1) is 23.9 Å². The van der Waals surface area contributed by atoms with Crippen LogP contribution < -0.4 is 10.9 Å². The summed E-state index contributed by atoms with van der Waals surface area (Å²) < 4.78 is 1.46. The van der Waals surface area contributed by atoms with Crippen LogP contribution in [0, 0.1) is 0 Å². The number of rotatable bonds is 4. The van der Waals surface area contributed by atoms with Crippen LogP contribution in [0.4, 0.5) is 0 Å². The zero-order valence-corrected chi connectivity index (χ0v) is 13.9. The number of aromatic nitrogens is 2. The van der Waals surface area contributed by atoms with Gasteiger partial charge in [0.15, 0.2) is 0 Å². The van der Waals surface area contributed by atoms with Gasteiger partial charge in [-0.1, -0.05) is 35.9 Å². The summed E-state index contributed by atoms with van der Waals surface area (Å²) in [5.74, 6) is 0.378. The van der Waals surface area contributed by atoms with Crippen LogP contribution in [-0.2, 0) is 24.8 Å². The van der Waals surface area contributed by atoms with E-state index in [0.717, 1.165) is 5.56 Å². The van der Waals surface area contributed by atoms with Gasteiger partial charge >= 0.3 is 0 Å².